The molecular weight excluding hydrogens is 156 g/mol. The average molecular weight is 174 g/mol. The van der Waals surface area contributed by atoms with E-state index in [9.17, 15) is 0 Å². The molecule has 0 aromatic rings. The van der Waals surface area contributed by atoms with Crippen molar-refractivity contribution in [3.05, 3.63) is 0 Å². The Morgan fingerprint density at radius 1 is 1.55 bits per heavy atom. The van der Waals surface area contributed by atoms with Gasteiger partial charge >= 0.3 is 0 Å². The molecule has 2 unspecified atom stereocenters. The lowest BCUT2D eigenvalue weighted by Gasteiger charge is -2.15. The third-order valence-electron chi connectivity index (χ3n) is 2.10. The zero-order valence-electron chi connectivity index (χ0n) is 7.63. The van der Waals surface area contributed by atoms with Crippen LogP contribution in [0.4, 0.5) is 0 Å². The lowest BCUT2D eigenvalue weighted by atomic mass is 10.2. The number of nitrogens with one attached hydrogen (secondary N) is 1. The summed E-state index contributed by atoms with van der Waals surface area (Å²) in [7, 11) is 4.27. The minimum atomic E-state index is 0.724. The van der Waals surface area contributed by atoms with Crippen molar-refractivity contribution in [3.63, 3.8) is 0 Å². The van der Waals surface area contributed by atoms with Gasteiger partial charge in [-0.25, -0.2) is 0 Å². The van der Waals surface area contributed by atoms with Gasteiger partial charge in [-0.15, -0.1) is 0 Å². The van der Waals surface area contributed by atoms with Gasteiger partial charge in [-0.2, -0.15) is 11.8 Å². The molecule has 1 aliphatic rings. The highest BCUT2D eigenvalue weighted by atomic mass is 32.2. The molecule has 2 nitrogen and oxygen atoms in total. The van der Waals surface area contributed by atoms with Crippen molar-refractivity contribution in [1.82, 2.24) is 10.2 Å². The molecule has 0 aromatic carbocycles. The lowest BCUT2D eigenvalue weighted by Crippen LogP contribution is -2.33. The molecule has 2 atom stereocenters. The Kier molecular flexibility index (Phi) is 3.69. The Bertz CT molecular complexity index is 117. The van der Waals surface area contributed by atoms with Gasteiger partial charge in [-0.05, 0) is 26.8 Å². The number of likely N-dealkylation sites (N-methyl/N-ethyl adjacent to an activating group) is 1. The van der Waals surface area contributed by atoms with Gasteiger partial charge in [0.15, 0.2) is 0 Å². The maximum atomic E-state index is 3.53. The molecule has 1 saturated heterocycles. The third kappa shape index (κ3) is 3.01. The van der Waals surface area contributed by atoms with Crippen molar-refractivity contribution >= 4 is 11.8 Å². The zero-order chi connectivity index (χ0) is 8.27. The average Bonchev–Trinajstić information content (AvgIpc) is 2.34. The summed E-state index contributed by atoms with van der Waals surface area (Å²) in [4.78, 5) is 2.25. The first-order valence-corrected chi connectivity index (χ1v) is 5.42. The summed E-state index contributed by atoms with van der Waals surface area (Å²) < 4.78 is 0. The van der Waals surface area contributed by atoms with E-state index in [4.69, 9.17) is 0 Å². The second-order valence-electron chi connectivity index (χ2n) is 3.46. The minimum Gasteiger partial charge on any atom is -0.312 e. The molecule has 1 rings (SSSR count). The van der Waals surface area contributed by atoms with E-state index in [-0.39, 0.29) is 0 Å². The maximum absolute atomic E-state index is 3.53. The number of thioether (sulfide) groups is 1. The first-order chi connectivity index (χ1) is 5.22. The second kappa shape index (κ2) is 4.33. The largest absolute Gasteiger partial charge is 0.312 e. The fourth-order valence-corrected chi connectivity index (χ4v) is 2.23. The predicted octanol–water partition coefficient (Wildman–Crippen LogP) is 0.641. The maximum Gasteiger partial charge on any atom is 0.0206 e. The highest BCUT2D eigenvalue weighted by Crippen LogP contribution is 2.18. The predicted molar refractivity (Wildman–Crippen MR) is 52.3 cm³/mol. The number of hydrogen-bond acceptors (Lipinski definition) is 3. The molecule has 0 radical (unpaired) electrons. The van der Waals surface area contributed by atoms with Gasteiger partial charge in [0, 0.05) is 24.4 Å². The summed E-state index contributed by atoms with van der Waals surface area (Å²) in [5.74, 6) is 0. The van der Waals surface area contributed by atoms with Crippen LogP contribution in [0.2, 0.25) is 0 Å². The van der Waals surface area contributed by atoms with Gasteiger partial charge in [0.2, 0.25) is 0 Å². The molecule has 66 valence electrons. The molecule has 0 aliphatic carbocycles. The topological polar surface area (TPSA) is 15.3 Å². The van der Waals surface area contributed by atoms with Crippen molar-refractivity contribution in [2.45, 2.75) is 17.7 Å². The molecule has 1 N–H and O–H groups in total. The Morgan fingerprint density at radius 2 is 2.27 bits per heavy atom. The Balaban J connectivity index is 2.19. The second-order valence-corrected chi connectivity index (χ2v) is 4.60. The SMILES string of the molecule is CSC1CNC(CN(C)C)C1. The highest BCUT2D eigenvalue weighted by Gasteiger charge is 2.22. The van der Waals surface area contributed by atoms with Crippen LogP contribution in [-0.2, 0) is 0 Å². The normalized spacial score (nSPS) is 31.6. The molecule has 0 saturated carbocycles. The van der Waals surface area contributed by atoms with Crippen LogP contribution < -0.4 is 5.32 Å². The Morgan fingerprint density at radius 3 is 2.73 bits per heavy atom. The molecule has 0 spiro atoms. The van der Waals surface area contributed by atoms with E-state index in [0.717, 1.165) is 11.3 Å². The number of nitrogens with zero attached hydrogens (tertiary/aromatic N) is 1. The van der Waals surface area contributed by atoms with Crippen LogP contribution in [-0.4, -0.2) is 49.6 Å². The molecule has 1 fully saturated rings. The summed E-state index contributed by atoms with van der Waals surface area (Å²) in [6.45, 7) is 2.37. The molecule has 0 aromatic heterocycles. The van der Waals surface area contributed by atoms with Crippen molar-refractivity contribution in [1.29, 1.82) is 0 Å². The first-order valence-electron chi connectivity index (χ1n) is 4.13. The van der Waals surface area contributed by atoms with Gasteiger partial charge in [-0.1, -0.05) is 0 Å². The van der Waals surface area contributed by atoms with E-state index in [1.165, 1.54) is 19.5 Å². The van der Waals surface area contributed by atoms with Crippen LogP contribution in [0.3, 0.4) is 0 Å². The van der Waals surface area contributed by atoms with Crippen molar-refractivity contribution in [2.24, 2.45) is 0 Å². The fourth-order valence-electron chi connectivity index (χ4n) is 1.54. The van der Waals surface area contributed by atoms with E-state index < -0.39 is 0 Å². The van der Waals surface area contributed by atoms with Crippen LogP contribution in [0.1, 0.15) is 6.42 Å². The number of hydrogen-bond donors (Lipinski definition) is 1. The molecule has 0 bridgehead atoms. The van der Waals surface area contributed by atoms with Gasteiger partial charge in [0.1, 0.15) is 0 Å². The minimum absolute atomic E-state index is 0.724. The summed E-state index contributed by atoms with van der Waals surface area (Å²) in [6.07, 6.45) is 3.53. The summed E-state index contributed by atoms with van der Waals surface area (Å²) in [5.41, 5.74) is 0. The molecule has 0 amide bonds. The van der Waals surface area contributed by atoms with E-state index in [1.807, 2.05) is 11.8 Å². The van der Waals surface area contributed by atoms with E-state index in [2.05, 4.69) is 30.6 Å². The van der Waals surface area contributed by atoms with Crippen molar-refractivity contribution in [3.8, 4) is 0 Å². The molecular formula is C8H18N2S. The lowest BCUT2D eigenvalue weighted by molar-refractivity contribution is 0.357. The monoisotopic (exact) mass is 174 g/mol. The molecule has 1 heterocycles. The molecule has 11 heavy (non-hydrogen) atoms. The summed E-state index contributed by atoms with van der Waals surface area (Å²) in [5, 5.41) is 4.37. The van der Waals surface area contributed by atoms with Gasteiger partial charge in [-0.3, -0.25) is 0 Å². The van der Waals surface area contributed by atoms with Crippen LogP contribution >= 0.6 is 11.8 Å². The van der Waals surface area contributed by atoms with Crippen LogP contribution in [0.15, 0.2) is 0 Å². The standard InChI is InChI=1S/C8H18N2S/c1-10(2)6-7-4-8(11-3)5-9-7/h7-9H,4-6H2,1-3H3. The summed E-state index contributed by atoms with van der Waals surface area (Å²) in [6, 6.07) is 0.724. The van der Waals surface area contributed by atoms with Gasteiger partial charge in [0.05, 0.1) is 0 Å². The van der Waals surface area contributed by atoms with Gasteiger partial charge < -0.3 is 10.2 Å². The van der Waals surface area contributed by atoms with E-state index >= 15 is 0 Å². The molecule has 3 heteroatoms. The zero-order valence-corrected chi connectivity index (χ0v) is 8.45. The first kappa shape index (κ1) is 9.36. The van der Waals surface area contributed by atoms with Gasteiger partial charge in [0.25, 0.3) is 0 Å². The van der Waals surface area contributed by atoms with E-state index in [1.54, 1.807) is 0 Å². The fraction of sp³-hybridized carbons (Fsp3) is 1.00. The van der Waals surface area contributed by atoms with Crippen molar-refractivity contribution in [2.75, 3.05) is 33.4 Å². The van der Waals surface area contributed by atoms with Crippen LogP contribution in [0, 0.1) is 0 Å². The highest BCUT2D eigenvalue weighted by molar-refractivity contribution is 7.99. The summed E-state index contributed by atoms with van der Waals surface area (Å²) >= 11 is 1.98. The quantitative estimate of drug-likeness (QED) is 0.676. The Labute approximate surface area is 73.7 Å². The van der Waals surface area contributed by atoms with E-state index in [0.29, 0.717) is 0 Å². The Hall–Kier alpha value is 0.270. The van der Waals surface area contributed by atoms with Crippen LogP contribution in [0.5, 0.6) is 0 Å². The number of rotatable bonds is 3. The van der Waals surface area contributed by atoms with Crippen LogP contribution in [0.25, 0.3) is 0 Å². The third-order valence-corrected chi connectivity index (χ3v) is 3.13. The van der Waals surface area contributed by atoms with Crippen molar-refractivity contribution < 1.29 is 0 Å². The molecule has 1 aliphatic heterocycles. The smallest absolute Gasteiger partial charge is 0.0206 e.